The minimum atomic E-state index is 0.0297. The van der Waals surface area contributed by atoms with Crippen LogP contribution in [0.1, 0.15) is 37.5 Å². The van der Waals surface area contributed by atoms with E-state index in [4.69, 9.17) is 4.74 Å². The third kappa shape index (κ3) is 3.95. The van der Waals surface area contributed by atoms with E-state index in [1.165, 1.54) is 5.56 Å². The number of pyridine rings is 1. The van der Waals surface area contributed by atoms with E-state index in [1.807, 2.05) is 38.1 Å². The quantitative estimate of drug-likeness (QED) is 0.279. The van der Waals surface area contributed by atoms with Gasteiger partial charge in [-0.2, -0.15) is 0 Å². The van der Waals surface area contributed by atoms with Crippen molar-refractivity contribution in [2.75, 3.05) is 0 Å². The second kappa shape index (κ2) is 8.30. The number of benzene rings is 3. The van der Waals surface area contributed by atoms with Crippen LogP contribution in [0.5, 0.6) is 17.4 Å². The highest BCUT2D eigenvalue weighted by atomic mass is 16.5. The normalized spacial score (nSPS) is 12.0. The third-order valence-electron chi connectivity index (χ3n) is 6.83. The van der Waals surface area contributed by atoms with Crippen molar-refractivity contribution >= 4 is 32.7 Å². The highest BCUT2D eigenvalue weighted by Crippen LogP contribution is 2.37. The first-order valence-corrected chi connectivity index (χ1v) is 12.3. The summed E-state index contributed by atoms with van der Waals surface area (Å²) in [6.45, 7) is 10.6. The van der Waals surface area contributed by atoms with E-state index in [0.717, 1.165) is 44.1 Å². The maximum absolute atomic E-state index is 10.5. The molecule has 0 saturated heterocycles. The molecule has 0 unspecified atom stereocenters. The smallest absolute Gasteiger partial charge is 0.220 e. The summed E-state index contributed by atoms with van der Waals surface area (Å²) in [6.07, 6.45) is 5.14. The van der Waals surface area contributed by atoms with Crippen LogP contribution in [0.15, 0.2) is 73.2 Å². The van der Waals surface area contributed by atoms with Gasteiger partial charge in [0.05, 0.1) is 17.2 Å². The van der Waals surface area contributed by atoms with Crippen molar-refractivity contribution in [3.63, 3.8) is 0 Å². The van der Waals surface area contributed by atoms with E-state index in [-0.39, 0.29) is 11.2 Å². The lowest BCUT2D eigenvalue weighted by Gasteiger charge is -2.19. The van der Waals surface area contributed by atoms with E-state index in [2.05, 4.69) is 64.6 Å². The Hall–Kier alpha value is -4.45. The molecular weight excluding hydrogens is 460 g/mol. The van der Waals surface area contributed by atoms with Crippen molar-refractivity contribution in [3.8, 4) is 23.2 Å². The number of hydrogen-bond donors (Lipinski definition) is 1. The number of rotatable bonds is 3. The van der Waals surface area contributed by atoms with Crippen molar-refractivity contribution in [2.45, 2.75) is 40.0 Å². The summed E-state index contributed by atoms with van der Waals surface area (Å²) in [6, 6.07) is 18.3. The number of hydrogen-bond acceptors (Lipinski definition) is 5. The molecule has 6 heteroatoms. The zero-order chi connectivity index (χ0) is 25.9. The van der Waals surface area contributed by atoms with Gasteiger partial charge in [0.25, 0.3) is 0 Å². The van der Waals surface area contributed by atoms with Crippen LogP contribution in [0.25, 0.3) is 38.5 Å². The minimum absolute atomic E-state index is 0.0297. The van der Waals surface area contributed by atoms with Crippen molar-refractivity contribution in [2.24, 2.45) is 0 Å². The second-order valence-corrected chi connectivity index (χ2v) is 10.6. The highest BCUT2D eigenvalue weighted by molar-refractivity contribution is 6.09. The molecule has 0 spiro atoms. The Morgan fingerprint density at radius 1 is 0.838 bits per heavy atom. The van der Waals surface area contributed by atoms with Gasteiger partial charge in [0, 0.05) is 40.7 Å². The lowest BCUT2D eigenvalue weighted by molar-refractivity contribution is 0.459. The Labute approximate surface area is 215 Å². The molecule has 0 atom stereocenters. The predicted octanol–water partition coefficient (Wildman–Crippen LogP) is 7.53. The van der Waals surface area contributed by atoms with Crippen molar-refractivity contribution in [3.05, 3.63) is 89.9 Å². The summed E-state index contributed by atoms with van der Waals surface area (Å²) in [5.74, 6) is 1.97. The molecule has 0 bridgehead atoms. The van der Waals surface area contributed by atoms with Crippen LogP contribution in [0.4, 0.5) is 0 Å². The monoisotopic (exact) mass is 488 g/mol. The topological polar surface area (TPSA) is 73.1 Å². The average molecular weight is 489 g/mol. The number of fused-ring (bicyclic) bond motifs is 4. The molecule has 0 aliphatic rings. The van der Waals surface area contributed by atoms with Crippen LogP contribution in [0, 0.1) is 13.8 Å². The molecule has 0 amide bonds. The highest BCUT2D eigenvalue weighted by Gasteiger charge is 2.19. The van der Waals surface area contributed by atoms with E-state index in [1.54, 1.807) is 24.7 Å². The Morgan fingerprint density at radius 3 is 2.43 bits per heavy atom. The molecule has 6 rings (SSSR count). The van der Waals surface area contributed by atoms with Crippen LogP contribution in [-0.2, 0) is 5.41 Å². The molecular formula is C31H28N4O2. The van der Waals surface area contributed by atoms with Gasteiger partial charge < -0.3 is 9.84 Å². The summed E-state index contributed by atoms with van der Waals surface area (Å²) in [5, 5.41) is 13.7. The number of aromatic hydroxyl groups is 1. The Kier molecular flexibility index (Phi) is 5.16. The molecule has 3 heterocycles. The van der Waals surface area contributed by atoms with Gasteiger partial charge in [0.2, 0.25) is 5.88 Å². The van der Waals surface area contributed by atoms with Gasteiger partial charge in [-0.15, -0.1) is 0 Å². The molecule has 184 valence electrons. The van der Waals surface area contributed by atoms with Crippen LogP contribution in [-0.4, -0.2) is 24.6 Å². The summed E-state index contributed by atoms with van der Waals surface area (Å²) in [7, 11) is 0. The first-order valence-electron chi connectivity index (χ1n) is 12.3. The lowest BCUT2D eigenvalue weighted by atomic mass is 9.86. The van der Waals surface area contributed by atoms with Gasteiger partial charge in [0.1, 0.15) is 17.0 Å². The molecule has 0 fully saturated rings. The van der Waals surface area contributed by atoms with Crippen molar-refractivity contribution in [1.82, 2.24) is 19.5 Å². The van der Waals surface area contributed by atoms with Gasteiger partial charge in [-0.1, -0.05) is 26.8 Å². The summed E-state index contributed by atoms with van der Waals surface area (Å²) >= 11 is 0. The zero-order valence-electron chi connectivity index (χ0n) is 21.6. The second-order valence-electron chi connectivity index (χ2n) is 10.6. The lowest BCUT2D eigenvalue weighted by Crippen LogP contribution is -2.10. The molecule has 6 nitrogen and oxygen atoms in total. The number of aromatic nitrogens is 4. The van der Waals surface area contributed by atoms with E-state index in [0.29, 0.717) is 17.1 Å². The first-order chi connectivity index (χ1) is 17.7. The van der Waals surface area contributed by atoms with Gasteiger partial charge >= 0.3 is 0 Å². The zero-order valence-corrected chi connectivity index (χ0v) is 21.6. The Bertz CT molecular complexity index is 1820. The van der Waals surface area contributed by atoms with Crippen LogP contribution < -0.4 is 4.74 Å². The fourth-order valence-electron chi connectivity index (χ4n) is 4.94. The molecule has 0 aliphatic heterocycles. The minimum Gasteiger partial charge on any atom is -0.506 e. The number of nitrogens with zero attached hydrogens (tertiary/aromatic N) is 4. The Morgan fingerprint density at radius 2 is 1.68 bits per heavy atom. The van der Waals surface area contributed by atoms with Gasteiger partial charge in [-0.05, 0) is 72.4 Å². The van der Waals surface area contributed by atoms with Crippen LogP contribution in [0.3, 0.4) is 0 Å². The molecule has 0 saturated carbocycles. The van der Waals surface area contributed by atoms with Crippen molar-refractivity contribution in [1.29, 1.82) is 0 Å². The molecule has 3 aromatic heterocycles. The predicted molar refractivity (Wildman–Crippen MR) is 148 cm³/mol. The molecule has 3 aromatic carbocycles. The molecule has 0 aliphatic carbocycles. The third-order valence-corrected chi connectivity index (χ3v) is 6.83. The van der Waals surface area contributed by atoms with E-state index in [9.17, 15) is 5.11 Å². The van der Waals surface area contributed by atoms with Crippen LogP contribution >= 0.6 is 0 Å². The number of phenolic OH excluding ortho intramolecular Hbond substituents is 1. The SMILES string of the molecule is Cc1cc(O)c2nc(Oc3ccc4c5cc(C(C)(C)C)ccc5n(-c5cnccn5)c4c3)cc(C)c2c1. The molecule has 0 radical (unpaired) electrons. The molecule has 37 heavy (non-hydrogen) atoms. The molecule has 1 N–H and O–H groups in total. The largest absolute Gasteiger partial charge is 0.506 e. The van der Waals surface area contributed by atoms with Gasteiger partial charge in [0.15, 0.2) is 5.82 Å². The Balaban J connectivity index is 1.53. The maximum atomic E-state index is 10.5. The summed E-state index contributed by atoms with van der Waals surface area (Å²) in [4.78, 5) is 13.5. The van der Waals surface area contributed by atoms with E-state index < -0.39 is 0 Å². The van der Waals surface area contributed by atoms with Gasteiger partial charge in [-0.25, -0.2) is 9.97 Å². The average Bonchev–Trinajstić information content (AvgIpc) is 3.18. The summed E-state index contributed by atoms with van der Waals surface area (Å²) < 4.78 is 8.37. The fourth-order valence-corrected chi connectivity index (χ4v) is 4.94. The van der Waals surface area contributed by atoms with E-state index >= 15 is 0 Å². The van der Waals surface area contributed by atoms with Crippen molar-refractivity contribution < 1.29 is 9.84 Å². The standard InChI is InChI=1S/C31H28N4O2/c1-18-12-23-19(2)14-29(34-30(23)27(36)13-18)37-21-7-8-22-24-15-20(31(3,4)5)6-9-25(24)35(26(22)16-21)28-17-32-10-11-33-28/h6-17,36H,1-5H3. The number of ether oxygens (including phenoxy) is 1. The van der Waals surface area contributed by atoms with Crippen LogP contribution in [0.2, 0.25) is 0 Å². The summed E-state index contributed by atoms with van der Waals surface area (Å²) in [5.41, 5.74) is 5.83. The fraction of sp³-hybridized carbons (Fsp3) is 0.194. The number of aryl methyl sites for hydroxylation is 2. The van der Waals surface area contributed by atoms with Gasteiger partial charge in [-0.3, -0.25) is 9.55 Å². The number of phenols is 1. The maximum Gasteiger partial charge on any atom is 0.220 e. The molecule has 6 aromatic rings. The first kappa shape index (κ1) is 23.0.